The van der Waals surface area contributed by atoms with E-state index >= 15 is 0 Å². The lowest BCUT2D eigenvalue weighted by Crippen LogP contribution is -1.99. The number of rotatable bonds is 4. The first kappa shape index (κ1) is 10.8. The van der Waals surface area contributed by atoms with Crippen molar-refractivity contribution in [2.45, 2.75) is 23.6 Å². The highest BCUT2D eigenvalue weighted by Crippen LogP contribution is 2.26. The Balaban J connectivity index is 2.23. The molecule has 15 heavy (non-hydrogen) atoms. The number of alkyl halides is 1. The van der Waals surface area contributed by atoms with Gasteiger partial charge in [0.15, 0.2) is 0 Å². The number of halogens is 1. The van der Waals surface area contributed by atoms with E-state index in [-0.39, 0.29) is 0 Å². The van der Waals surface area contributed by atoms with Crippen molar-refractivity contribution in [3.63, 3.8) is 0 Å². The van der Waals surface area contributed by atoms with E-state index in [0.29, 0.717) is 11.1 Å². The first-order chi connectivity index (χ1) is 7.31. The Labute approximate surface area is 97.8 Å². The fourth-order valence-electron chi connectivity index (χ4n) is 1.33. The van der Waals surface area contributed by atoms with E-state index in [1.54, 1.807) is 24.2 Å². The van der Waals surface area contributed by atoms with E-state index in [2.05, 4.69) is 17.0 Å². The van der Waals surface area contributed by atoms with Gasteiger partial charge in [-0.1, -0.05) is 6.92 Å². The molecule has 0 spiro atoms. The molecule has 0 amide bonds. The van der Waals surface area contributed by atoms with Crippen LogP contribution in [0.15, 0.2) is 29.7 Å². The van der Waals surface area contributed by atoms with Gasteiger partial charge in [-0.25, -0.2) is 9.50 Å². The Morgan fingerprint density at radius 3 is 3.20 bits per heavy atom. The van der Waals surface area contributed by atoms with Gasteiger partial charge in [-0.05, 0) is 12.5 Å². The maximum atomic E-state index is 5.71. The normalized spacial score (nSPS) is 13.2. The van der Waals surface area contributed by atoms with Gasteiger partial charge in [-0.3, -0.25) is 0 Å². The maximum absolute atomic E-state index is 5.71. The summed E-state index contributed by atoms with van der Waals surface area (Å²) in [6, 6.07) is 1.97. The maximum Gasteiger partial charge on any atom is 0.122 e. The molecule has 0 aliphatic carbocycles. The summed E-state index contributed by atoms with van der Waals surface area (Å²) in [6.07, 6.45) is 6.40. The molecular weight excluding hydrogens is 230 g/mol. The molecule has 5 heteroatoms. The van der Waals surface area contributed by atoms with Gasteiger partial charge in [0.05, 0.1) is 11.7 Å². The van der Waals surface area contributed by atoms with E-state index in [9.17, 15) is 0 Å². The largest absolute Gasteiger partial charge is 0.246 e. The van der Waals surface area contributed by atoms with E-state index in [1.165, 1.54) is 0 Å². The van der Waals surface area contributed by atoms with Crippen LogP contribution in [0.25, 0.3) is 5.52 Å². The summed E-state index contributed by atoms with van der Waals surface area (Å²) in [6.45, 7) is 2.16. The van der Waals surface area contributed by atoms with Crippen LogP contribution in [-0.2, 0) is 0 Å². The molecule has 0 N–H and O–H groups in total. The van der Waals surface area contributed by atoms with Gasteiger partial charge in [0, 0.05) is 23.5 Å². The number of fused-ring (bicyclic) bond motifs is 1. The summed E-state index contributed by atoms with van der Waals surface area (Å²) in [5, 5.41) is 5.67. The molecule has 0 aliphatic heterocycles. The number of hydrogen-bond donors (Lipinski definition) is 0. The summed E-state index contributed by atoms with van der Waals surface area (Å²) in [4.78, 5) is 4.36. The van der Waals surface area contributed by atoms with Crippen molar-refractivity contribution in [2.24, 2.45) is 0 Å². The van der Waals surface area contributed by atoms with Crippen LogP contribution in [0.1, 0.15) is 13.3 Å². The van der Waals surface area contributed by atoms with Crippen LogP contribution in [0.4, 0.5) is 0 Å². The first-order valence-corrected chi connectivity index (χ1v) is 6.23. The van der Waals surface area contributed by atoms with Crippen LogP contribution in [-0.4, -0.2) is 25.7 Å². The molecule has 1 atom stereocenters. The monoisotopic (exact) mass is 241 g/mol. The molecular formula is C10H12ClN3S. The van der Waals surface area contributed by atoms with Crippen molar-refractivity contribution in [3.05, 3.63) is 24.7 Å². The van der Waals surface area contributed by atoms with Crippen molar-refractivity contribution < 1.29 is 0 Å². The Hall–Kier alpha value is -0.740. The van der Waals surface area contributed by atoms with E-state index < -0.39 is 0 Å². The standard InChI is InChI=1S/C10H12ClN3S/c1-8(2-4-11)15-10-9-3-5-13-14(9)7-6-12-10/h3,5-8H,2,4H2,1H3. The summed E-state index contributed by atoms with van der Waals surface area (Å²) < 4.78 is 1.84. The van der Waals surface area contributed by atoms with Gasteiger partial charge in [-0.2, -0.15) is 5.10 Å². The average molecular weight is 242 g/mol. The fourth-order valence-corrected chi connectivity index (χ4v) is 2.80. The molecule has 0 fully saturated rings. The van der Waals surface area contributed by atoms with Crippen molar-refractivity contribution in [1.82, 2.24) is 14.6 Å². The SMILES string of the molecule is CC(CCCl)Sc1nccn2nccc12. The zero-order valence-corrected chi connectivity index (χ0v) is 10.0. The topological polar surface area (TPSA) is 30.2 Å². The molecule has 2 heterocycles. The summed E-state index contributed by atoms with van der Waals surface area (Å²) in [5.74, 6) is 0.691. The summed E-state index contributed by atoms with van der Waals surface area (Å²) in [5.41, 5.74) is 1.06. The predicted molar refractivity (Wildman–Crippen MR) is 63.6 cm³/mol. The molecule has 1 unspecified atom stereocenters. The van der Waals surface area contributed by atoms with Gasteiger partial charge >= 0.3 is 0 Å². The molecule has 0 radical (unpaired) electrons. The lowest BCUT2D eigenvalue weighted by atomic mass is 10.4. The van der Waals surface area contributed by atoms with Crippen LogP contribution in [0.3, 0.4) is 0 Å². The summed E-state index contributed by atoms with van der Waals surface area (Å²) >= 11 is 7.45. The van der Waals surface area contributed by atoms with Crippen molar-refractivity contribution in [2.75, 3.05) is 5.88 Å². The Bertz CT molecular complexity index is 443. The lowest BCUT2D eigenvalue weighted by Gasteiger charge is -2.08. The Morgan fingerprint density at radius 2 is 2.40 bits per heavy atom. The molecule has 2 rings (SSSR count). The third kappa shape index (κ3) is 2.44. The zero-order chi connectivity index (χ0) is 10.7. The quantitative estimate of drug-likeness (QED) is 0.609. The van der Waals surface area contributed by atoms with E-state index in [1.807, 2.05) is 16.8 Å². The number of hydrogen-bond acceptors (Lipinski definition) is 3. The van der Waals surface area contributed by atoms with Crippen LogP contribution >= 0.6 is 23.4 Å². The van der Waals surface area contributed by atoms with Crippen molar-refractivity contribution in [3.8, 4) is 0 Å². The second-order valence-corrected chi connectivity index (χ2v) is 5.10. The predicted octanol–water partition coefficient (Wildman–Crippen LogP) is 2.84. The molecule has 0 bridgehead atoms. The van der Waals surface area contributed by atoms with Gasteiger partial charge < -0.3 is 0 Å². The smallest absolute Gasteiger partial charge is 0.122 e. The fraction of sp³-hybridized carbons (Fsp3) is 0.400. The lowest BCUT2D eigenvalue weighted by molar-refractivity contribution is 0.893. The van der Waals surface area contributed by atoms with Gasteiger partial charge in [-0.15, -0.1) is 23.4 Å². The minimum Gasteiger partial charge on any atom is -0.246 e. The van der Waals surface area contributed by atoms with Crippen LogP contribution < -0.4 is 0 Å². The molecule has 0 aliphatic rings. The molecule has 0 saturated heterocycles. The zero-order valence-electron chi connectivity index (χ0n) is 8.43. The Morgan fingerprint density at radius 1 is 1.53 bits per heavy atom. The highest BCUT2D eigenvalue weighted by Gasteiger charge is 2.08. The summed E-state index contributed by atoms with van der Waals surface area (Å²) in [7, 11) is 0. The molecule has 80 valence electrons. The minimum atomic E-state index is 0.483. The number of aromatic nitrogens is 3. The highest BCUT2D eigenvalue weighted by molar-refractivity contribution is 8.00. The average Bonchev–Trinajstić information content (AvgIpc) is 2.67. The van der Waals surface area contributed by atoms with Crippen molar-refractivity contribution in [1.29, 1.82) is 0 Å². The molecule has 0 aromatic carbocycles. The molecule has 0 saturated carbocycles. The first-order valence-electron chi connectivity index (χ1n) is 4.82. The highest BCUT2D eigenvalue weighted by atomic mass is 35.5. The Kier molecular flexibility index (Phi) is 3.49. The minimum absolute atomic E-state index is 0.483. The van der Waals surface area contributed by atoms with E-state index in [4.69, 9.17) is 11.6 Å². The third-order valence-corrected chi connectivity index (χ3v) is 3.51. The molecule has 2 aromatic rings. The van der Waals surface area contributed by atoms with Crippen LogP contribution in [0.5, 0.6) is 0 Å². The molecule has 3 nitrogen and oxygen atoms in total. The van der Waals surface area contributed by atoms with Crippen molar-refractivity contribution >= 4 is 28.9 Å². The third-order valence-electron chi connectivity index (χ3n) is 2.12. The number of thioether (sulfide) groups is 1. The number of nitrogens with zero attached hydrogens (tertiary/aromatic N) is 3. The second kappa shape index (κ2) is 4.86. The second-order valence-electron chi connectivity index (χ2n) is 3.30. The van der Waals surface area contributed by atoms with Gasteiger partial charge in [0.1, 0.15) is 5.03 Å². The van der Waals surface area contributed by atoms with Crippen LogP contribution in [0.2, 0.25) is 0 Å². The molecule has 2 aromatic heterocycles. The van der Waals surface area contributed by atoms with E-state index in [0.717, 1.165) is 17.0 Å². The van der Waals surface area contributed by atoms with Crippen LogP contribution in [0, 0.1) is 0 Å². The van der Waals surface area contributed by atoms with Gasteiger partial charge in [0.2, 0.25) is 0 Å². The van der Waals surface area contributed by atoms with Gasteiger partial charge in [0.25, 0.3) is 0 Å².